The molecule has 104 valence electrons. The predicted molar refractivity (Wildman–Crippen MR) is 71.9 cm³/mol. The van der Waals surface area contributed by atoms with Crippen LogP contribution in [0.3, 0.4) is 0 Å². The van der Waals surface area contributed by atoms with Gasteiger partial charge in [-0.25, -0.2) is 13.6 Å². The third-order valence-corrected chi connectivity index (χ3v) is 2.73. The molecule has 2 aromatic rings. The molecule has 0 aliphatic rings. The SMILES string of the molecule is O=C(NCc1ccc(F)cc1)NCc1ccc(F)cc1. The molecular weight excluding hydrogens is 262 g/mol. The van der Waals surface area contributed by atoms with Crippen LogP contribution in [-0.4, -0.2) is 6.03 Å². The molecule has 0 unspecified atom stereocenters. The Morgan fingerprint density at radius 1 is 0.750 bits per heavy atom. The number of rotatable bonds is 4. The molecule has 0 radical (unpaired) electrons. The Kier molecular flexibility index (Phi) is 4.65. The van der Waals surface area contributed by atoms with E-state index < -0.39 is 0 Å². The average molecular weight is 276 g/mol. The van der Waals surface area contributed by atoms with Gasteiger partial charge in [0.2, 0.25) is 0 Å². The molecular formula is C15H14F2N2O. The lowest BCUT2D eigenvalue weighted by atomic mass is 10.2. The molecule has 2 rings (SSSR count). The summed E-state index contributed by atoms with van der Waals surface area (Å²) in [5.74, 6) is -0.621. The summed E-state index contributed by atoms with van der Waals surface area (Å²) in [6, 6.07) is 11.5. The van der Waals surface area contributed by atoms with Gasteiger partial charge in [-0.05, 0) is 35.4 Å². The number of carbonyl (C=O) groups is 1. The van der Waals surface area contributed by atoms with Crippen molar-refractivity contribution in [1.82, 2.24) is 10.6 Å². The molecule has 2 amide bonds. The normalized spacial score (nSPS) is 10.1. The summed E-state index contributed by atoms with van der Waals surface area (Å²) in [7, 11) is 0. The summed E-state index contributed by atoms with van der Waals surface area (Å²) < 4.78 is 25.4. The molecule has 0 aromatic heterocycles. The molecule has 20 heavy (non-hydrogen) atoms. The van der Waals surface area contributed by atoms with Crippen LogP contribution in [0.15, 0.2) is 48.5 Å². The molecule has 0 spiro atoms. The van der Waals surface area contributed by atoms with E-state index in [0.717, 1.165) is 11.1 Å². The van der Waals surface area contributed by atoms with Crippen molar-refractivity contribution in [3.8, 4) is 0 Å². The van der Waals surface area contributed by atoms with Gasteiger partial charge in [0.15, 0.2) is 0 Å². The number of benzene rings is 2. The van der Waals surface area contributed by atoms with Gasteiger partial charge in [-0.1, -0.05) is 24.3 Å². The highest BCUT2D eigenvalue weighted by molar-refractivity contribution is 5.73. The Morgan fingerprint density at radius 3 is 1.45 bits per heavy atom. The minimum Gasteiger partial charge on any atom is -0.334 e. The van der Waals surface area contributed by atoms with Crippen molar-refractivity contribution >= 4 is 6.03 Å². The quantitative estimate of drug-likeness (QED) is 0.885. The molecule has 0 aliphatic carbocycles. The highest BCUT2D eigenvalue weighted by atomic mass is 19.1. The number of hydrogen-bond donors (Lipinski definition) is 2. The van der Waals surface area contributed by atoms with E-state index in [9.17, 15) is 13.6 Å². The third kappa shape index (κ3) is 4.35. The lowest BCUT2D eigenvalue weighted by molar-refractivity contribution is 0.240. The molecule has 0 atom stereocenters. The maximum atomic E-state index is 12.7. The molecule has 2 aromatic carbocycles. The molecule has 3 nitrogen and oxygen atoms in total. The summed E-state index contributed by atoms with van der Waals surface area (Å²) in [5, 5.41) is 5.31. The van der Waals surface area contributed by atoms with E-state index in [2.05, 4.69) is 10.6 Å². The first-order valence-corrected chi connectivity index (χ1v) is 6.14. The summed E-state index contributed by atoms with van der Waals surface area (Å²) >= 11 is 0. The summed E-state index contributed by atoms with van der Waals surface area (Å²) in [6.07, 6.45) is 0. The van der Waals surface area contributed by atoms with E-state index in [1.807, 2.05) is 0 Å². The van der Waals surface area contributed by atoms with Gasteiger partial charge in [-0.2, -0.15) is 0 Å². The molecule has 0 saturated heterocycles. The van der Waals surface area contributed by atoms with Crippen molar-refractivity contribution in [2.24, 2.45) is 0 Å². The molecule has 5 heteroatoms. The predicted octanol–water partition coefficient (Wildman–Crippen LogP) is 2.96. The van der Waals surface area contributed by atoms with Crippen LogP contribution in [0.2, 0.25) is 0 Å². The van der Waals surface area contributed by atoms with E-state index in [4.69, 9.17) is 0 Å². The summed E-state index contributed by atoms with van der Waals surface area (Å²) in [5.41, 5.74) is 1.62. The van der Waals surface area contributed by atoms with Gasteiger partial charge in [-0.15, -0.1) is 0 Å². The van der Waals surface area contributed by atoms with Crippen LogP contribution in [0.4, 0.5) is 13.6 Å². The van der Waals surface area contributed by atoms with E-state index in [1.54, 1.807) is 24.3 Å². The van der Waals surface area contributed by atoms with Crippen LogP contribution >= 0.6 is 0 Å². The second-order valence-electron chi connectivity index (χ2n) is 4.29. The fraction of sp³-hybridized carbons (Fsp3) is 0.133. The Labute approximate surface area is 115 Å². The van der Waals surface area contributed by atoms with E-state index in [0.29, 0.717) is 13.1 Å². The smallest absolute Gasteiger partial charge is 0.315 e. The molecule has 2 N–H and O–H groups in total. The number of hydrogen-bond acceptors (Lipinski definition) is 1. The van der Waals surface area contributed by atoms with E-state index in [-0.39, 0.29) is 17.7 Å². The van der Waals surface area contributed by atoms with Crippen molar-refractivity contribution in [1.29, 1.82) is 0 Å². The van der Waals surface area contributed by atoms with Crippen molar-refractivity contribution in [2.45, 2.75) is 13.1 Å². The Balaban J connectivity index is 1.75. The first-order valence-electron chi connectivity index (χ1n) is 6.14. The minimum atomic E-state index is -0.335. The standard InChI is InChI=1S/C15H14F2N2O/c16-13-5-1-11(2-6-13)9-18-15(20)19-10-12-3-7-14(17)8-4-12/h1-8H,9-10H2,(H2,18,19,20). The number of amides is 2. The largest absolute Gasteiger partial charge is 0.334 e. The molecule has 0 saturated carbocycles. The van der Waals surface area contributed by atoms with Gasteiger partial charge in [0.1, 0.15) is 11.6 Å². The first kappa shape index (κ1) is 14.0. The van der Waals surface area contributed by atoms with Crippen molar-refractivity contribution in [3.05, 3.63) is 71.3 Å². The Bertz CT molecular complexity index is 516. The van der Waals surface area contributed by atoms with Crippen LogP contribution in [0.25, 0.3) is 0 Å². The van der Waals surface area contributed by atoms with Crippen LogP contribution in [0.5, 0.6) is 0 Å². The number of carbonyl (C=O) groups excluding carboxylic acids is 1. The van der Waals surface area contributed by atoms with Crippen LogP contribution in [-0.2, 0) is 13.1 Å². The fourth-order valence-corrected chi connectivity index (χ4v) is 1.63. The van der Waals surface area contributed by atoms with E-state index in [1.165, 1.54) is 24.3 Å². The molecule has 0 aliphatic heterocycles. The zero-order chi connectivity index (χ0) is 14.4. The van der Waals surface area contributed by atoms with Crippen LogP contribution < -0.4 is 10.6 Å². The maximum Gasteiger partial charge on any atom is 0.315 e. The van der Waals surface area contributed by atoms with Gasteiger partial charge in [-0.3, -0.25) is 0 Å². The Hall–Kier alpha value is -2.43. The average Bonchev–Trinajstić information content (AvgIpc) is 2.46. The minimum absolute atomic E-state index is 0.311. The van der Waals surface area contributed by atoms with Gasteiger partial charge < -0.3 is 10.6 Å². The highest BCUT2D eigenvalue weighted by Crippen LogP contribution is 2.03. The third-order valence-electron chi connectivity index (χ3n) is 2.73. The zero-order valence-corrected chi connectivity index (χ0v) is 10.7. The maximum absolute atomic E-state index is 12.7. The van der Waals surface area contributed by atoms with Crippen molar-refractivity contribution in [3.63, 3.8) is 0 Å². The second kappa shape index (κ2) is 6.65. The number of nitrogens with one attached hydrogen (secondary N) is 2. The monoisotopic (exact) mass is 276 g/mol. The lowest BCUT2D eigenvalue weighted by Crippen LogP contribution is -2.34. The number of halogens is 2. The zero-order valence-electron chi connectivity index (χ0n) is 10.7. The second-order valence-corrected chi connectivity index (χ2v) is 4.29. The van der Waals surface area contributed by atoms with Crippen LogP contribution in [0, 0.1) is 11.6 Å². The molecule has 0 heterocycles. The Morgan fingerprint density at radius 2 is 1.10 bits per heavy atom. The van der Waals surface area contributed by atoms with E-state index >= 15 is 0 Å². The highest BCUT2D eigenvalue weighted by Gasteiger charge is 2.01. The topological polar surface area (TPSA) is 41.1 Å². The van der Waals surface area contributed by atoms with Gasteiger partial charge in [0.25, 0.3) is 0 Å². The van der Waals surface area contributed by atoms with Crippen LogP contribution in [0.1, 0.15) is 11.1 Å². The fourth-order valence-electron chi connectivity index (χ4n) is 1.63. The van der Waals surface area contributed by atoms with Gasteiger partial charge >= 0.3 is 6.03 Å². The number of urea groups is 1. The van der Waals surface area contributed by atoms with Gasteiger partial charge in [0.05, 0.1) is 0 Å². The van der Waals surface area contributed by atoms with Crippen molar-refractivity contribution < 1.29 is 13.6 Å². The first-order chi connectivity index (χ1) is 9.63. The van der Waals surface area contributed by atoms with Gasteiger partial charge in [0, 0.05) is 13.1 Å². The summed E-state index contributed by atoms with van der Waals surface area (Å²) in [6.45, 7) is 0.630. The molecule has 0 fully saturated rings. The summed E-state index contributed by atoms with van der Waals surface area (Å²) in [4.78, 5) is 11.6. The van der Waals surface area contributed by atoms with Crippen molar-refractivity contribution in [2.75, 3.05) is 0 Å². The molecule has 0 bridgehead atoms. The lowest BCUT2D eigenvalue weighted by Gasteiger charge is -2.08.